The van der Waals surface area contributed by atoms with Crippen LogP contribution in [0.2, 0.25) is 0 Å². The van der Waals surface area contributed by atoms with E-state index in [4.69, 9.17) is 28.9 Å². The molecular weight excluding hydrogens is 133 g/mol. The second-order valence-corrected chi connectivity index (χ2v) is 2.46. The van der Waals surface area contributed by atoms with E-state index in [-0.39, 0.29) is 5.54 Å². The first kappa shape index (κ1) is 7.54. The Morgan fingerprint density at radius 3 is 1.71 bits per heavy atom. The molecule has 0 fully saturated rings. The highest BCUT2D eigenvalue weighted by molar-refractivity contribution is 6.21. The van der Waals surface area contributed by atoms with Crippen LogP contribution in [0.4, 0.5) is 0 Å². The zero-order chi connectivity index (χ0) is 5.91. The Hall–Kier alpha value is 0.540. The van der Waals surface area contributed by atoms with Gasteiger partial charge in [-0.15, -0.1) is 23.2 Å². The number of alkyl halides is 2. The van der Waals surface area contributed by atoms with Crippen molar-refractivity contribution in [3.63, 3.8) is 0 Å². The van der Waals surface area contributed by atoms with Crippen molar-refractivity contribution in [3.05, 3.63) is 0 Å². The standard InChI is InChI=1S/C4H9Cl2N/c1-4(7,2-5)3-6/h2-3,7H2,1H3. The number of halogens is 2. The van der Waals surface area contributed by atoms with E-state index in [0.29, 0.717) is 11.8 Å². The van der Waals surface area contributed by atoms with Gasteiger partial charge >= 0.3 is 0 Å². The molecule has 0 aromatic carbocycles. The van der Waals surface area contributed by atoms with Gasteiger partial charge in [-0.25, -0.2) is 0 Å². The summed E-state index contributed by atoms with van der Waals surface area (Å²) in [6, 6.07) is 0. The predicted molar refractivity (Wildman–Crippen MR) is 34.0 cm³/mol. The van der Waals surface area contributed by atoms with Gasteiger partial charge in [-0.2, -0.15) is 0 Å². The van der Waals surface area contributed by atoms with E-state index in [1.807, 2.05) is 6.92 Å². The van der Waals surface area contributed by atoms with Crippen molar-refractivity contribution in [2.45, 2.75) is 12.5 Å². The minimum Gasteiger partial charge on any atom is -0.323 e. The quantitative estimate of drug-likeness (QED) is 0.575. The van der Waals surface area contributed by atoms with Gasteiger partial charge in [-0.3, -0.25) is 0 Å². The van der Waals surface area contributed by atoms with E-state index in [9.17, 15) is 0 Å². The second-order valence-electron chi connectivity index (χ2n) is 1.92. The molecular formula is C4H9Cl2N. The SMILES string of the molecule is CC(N)(CCl)CCl. The van der Waals surface area contributed by atoms with Gasteiger partial charge in [0.05, 0.1) is 0 Å². The summed E-state index contributed by atoms with van der Waals surface area (Å²) in [6.07, 6.45) is 0. The van der Waals surface area contributed by atoms with Crippen LogP contribution in [-0.4, -0.2) is 17.3 Å². The van der Waals surface area contributed by atoms with Crippen LogP contribution in [0.15, 0.2) is 0 Å². The normalized spacial score (nSPS) is 12.0. The molecule has 0 heterocycles. The fraction of sp³-hybridized carbons (Fsp3) is 1.00. The van der Waals surface area contributed by atoms with Crippen LogP contribution < -0.4 is 5.73 Å². The summed E-state index contributed by atoms with van der Waals surface area (Å²) < 4.78 is 0. The molecule has 0 aliphatic heterocycles. The van der Waals surface area contributed by atoms with Gasteiger partial charge in [0.2, 0.25) is 0 Å². The molecule has 0 aromatic heterocycles. The summed E-state index contributed by atoms with van der Waals surface area (Å²) >= 11 is 10.8. The summed E-state index contributed by atoms with van der Waals surface area (Å²) in [4.78, 5) is 0. The maximum absolute atomic E-state index is 5.45. The smallest absolute Gasteiger partial charge is 0.0412 e. The van der Waals surface area contributed by atoms with E-state index in [1.165, 1.54) is 0 Å². The van der Waals surface area contributed by atoms with Gasteiger partial charge in [0.1, 0.15) is 0 Å². The first-order valence-electron chi connectivity index (χ1n) is 2.03. The van der Waals surface area contributed by atoms with E-state index < -0.39 is 0 Å². The molecule has 1 nitrogen and oxygen atoms in total. The lowest BCUT2D eigenvalue weighted by molar-refractivity contribution is 0.594. The molecule has 0 aliphatic carbocycles. The number of hydrogen-bond donors (Lipinski definition) is 1. The number of hydrogen-bond acceptors (Lipinski definition) is 1. The van der Waals surface area contributed by atoms with Gasteiger partial charge in [0.15, 0.2) is 0 Å². The maximum Gasteiger partial charge on any atom is 0.0412 e. The number of nitrogens with two attached hydrogens (primary N) is 1. The molecule has 0 unspecified atom stereocenters. The highest BCUT2D eigenvalue weighted by Crippen LogP contribution is 2.02. The fourth-order valence-corrected chi connectivity index (χ4v) is 0.321. The van der Waals surface area contributed by atoms with Crippen molar-refractivity contribution >= 4 is 23.2 Å². The Morgan fingerprint density at radius 2 is 1.71 bits per heavy atom. The molecule has 0 saturated heterocycles. The summed E-state index contributed by atoms with van der Waals surface area (Å²) in [5.41, 5.74) is 5.07. The Balaban J connectivity index is 3.36. The van der Waals surface area contributed by atoms with Crippen molar-refractivity contribution < 1.29 is 0 Å². The Morgan fingerprint density at radius 1 is 1.43 bits per heavy atom. The van der Waals surface area contributed by atoms with E-state index in [0.717, 1.165) is 0 Å². The molecule has 0 amide bonds. The van der Waals surface area contributed by atoms with Crippen molar-refractivity contribution in [1.29, 1.82) is 0 Å². The topological polar surface area (TPSA) is 26.0 Å². The van der Waals surface area contributed by atoms with E-state index in [1.54, 1.807) is 0 Å². The highest BCUT2D eigenvalue weighted by Gasteiger charge is 2.13. The lowest BCUT2D eigenvalue weighted by atomic mass is 10.1. The monoisotopic (exact) mass is 141 g/mol. The van der Waals surface area contributed by atoms with Gasteiger partial charge in [0, 0.05) is 17.3 Å². The average Bonchev–Trinajstić information content (AvgIpc) is 1.68. The third-order valence-electron chi connectivity index (χ3n) is 0.611. The molecule has 0 rings (SSSR count). The Labute approximate surface area is 53.8 Å². The minimum atomic E-state index is -0.386. The first-order valence-corrected chi connectivity index (χ1v) is 3.10. The lowest BCUT2D eigenvalue weighted by Crippen LogP contribution is -2.39. The maximum atomic E-state index is 5.45. The molecule has 7 heavy (non-hydrogen) atoms. The lowest BCUT2D eigenvalue weighted by Gasteiger charge is -2.15. The summed E-state index contributed by atoms with van der Waals surface area (Å²) in [7, 11) is 0. The van der Waals surface area contributed by atoms with Crippen LogP contribution in [0.5, 0.6) is 0 Å². The van der Waals surface area contributed by atoms with Crippen molar-refractivity contribution in [1.82, 2.24) is 0 Å². The van der Waals surface area contributed by atoms with Crippen molar-refractivity contribution in [3.8, 4) is 0 Å². The fourth-order valence-electron chi connectivity index (χ4n) is 0.0357. The Kier molecular flexibility index (Phi) is 2.96. The van der Waals surface area contributed by atoms with Crippen LogP contribution in [0.3, 0.4) is 0 Å². The summed E-state index contributed by atoms with van der Waals surface area (Å²) in [5.74, 6) is 0.826. The molecule has 0 spiro atoms. The van der Waals surface area contributed by atoms with Crippen LogP contribution in [0.25, 0.3) is 0 Å². The Bertz CT molecular complexity index is 47.7. The largest absolute Gasteiger partial charge is 0.323 e. The zero-order valence-corrected chi connectivity index (χ0v) is 5.76. The number of rotatable bonds is 2. The van der Waals surface area contributed by atoms with Crippen LogP contribution in [-0.2, 0) is 0 Å². The van der Waals surface area contributed by atoms with Gasteiger partial charge in [-0.1, -0.05) is 0 Å². The van der Waals surface area contributed by atoms with Crippen molar-refractivity contribution in [2.24, 2.45) is 5.73 Å². The highest BCUT2D eigenvalue weighted by atomic mass is 35.5. The third kappa shape index (κ3) is 3.15. The first-order chi connectivity index (χ1) is 3.12. The minimum absolute atomic E-state index is 0.386. The molecule has 0 radical (unpaired) electrons. The molecule has 3 heteroatoms. The third-order valence-corrected chi connectivity index (χ3v) is 1.83. The summed E-state index contributed by atoms with van der Waals surface area (Å²) in [6.45, 7) is 1.81. The molecule has 2 N–H and O–H groups in total. The van der Waals surface area contributed by atoms with E-state index >= 15 is 0 Å². The average molecular weight is 142 g/mol. The molecule has 0 aromatic rings. The summed E-state index contributed by atoms with van der Waals surface area (Å²) in [5, 5.41) is 0. The second kappa shape index (κ2) is 2.75. The molecule has 0 bridgehead atoms. The molecule has 0 atom stereocenters. The van der Waals surface area contributed by atoms with Gasteiger partial charge < -0.3 is 5.73 Å². The van der Waals surface area contributed by atoms with Crippen molar-refractivity contribution in [2.75, 3.05) is 11.8 Å². The zero-order valence-electron chi connectivity index (χ0n) is 4.25. The van der Waals surface area contributed by atoms with Gasteiger partial charge in [-0.05, 0) is 6.92 Å². The van der Waals surface area contributed by atoms with Crippen LogP contribution >= 0.6 is 23.2 Å². The molecule has 44 valence electrons. The van der Waals surface area contributed by atoms with E-state index in [2.05, 4.69) is 0 Å². The van der Waals surface area contributed by atoms with Crippen LogP contribution in [0.1, 0.15) is 6.92 Å². The van der Waals surface area contributed by atoms with Crippen LogP contribution in [0, 0.1) is 0 Å². The molecule has 0 saturated carbocycles. The molecule has 0 aliphatic rings. The van der Waals surface area contributed by atoms with Gasteiger partial charge in [0.25, 0.3) is 0 Å². The predicted octanol–water partition coefficient (Wildman–Crippen LogP) is 1.18.